The second-order valence-corrected chi connectivity index (χ2v) is 9.99. The van der Waals surface area contributed by atoms with Crippen molar-refractivity contribution in [3.05, 3.63) is 69.3 Å². The Morgan fingerprint density at radius 1 is 1.18 bits per heavy atom. The Morgan fingerprint density at radius 2 is 1.97 bits per heavy atom. The van der Waals surface area contributed by atoms with Gasteiger partial charge in [0, 0.05) is 24.8 Å². The zero-order chi connectivity index (χ0) is 23.8. The van der Waals surface area contributed by atoms with Crippen molar-refractivity contribution in [2.45, 2.75) is 37.3 Å². The summed E-state index contributed by atoms with van der Waals surface area (Å²) in [7, 11) is 0. The predicted octanol–water partition coefficient (Wildman–Crippen LogP) is 5.23. The number of amides is 2. The van der Waals surface area contributed by atoms with Crippen LogP contribution in [0, 0.1) is 0 Å². The van der Waals surface area contributed by atoms with Crippen molar-refractivity contribution in [1.29, 1.82) is 0 Å². The molecule has 2 N–H and O–H groups in total. The van der Waals surface area contributed by atoms with Crippen LogP contribution in [0.5, 0.6) is 0 Å². The number of para-hydroxylation sites is 1. The van der Waals surface area contributed by atoms with Crippen molar-refractivity contribution >= 4 is 64.1 Å². The van der Waals surface area contributed by atoms with Gasteiger partial charge in [-0.2, -0.15) is 0 Å². The minimum atomic E-state index is -0.238. The summed E-state index contributed by atoms with van der Waals surface area (Å²) in [6, 6.07) is 11.5. The summed E-state index contributed by atoms with van der Waals surface area (Å²) >= 11 is 14.0. The van der Waals surface area contributed by atoms with Crippen molar-refractivity contribution in [2.75, 3.05) is 16.1 Å². The molecule has 2 heterocycles. The van der Waals surface area contributed by atoms with Crippen molar-refractivity contribution in [3.63, 3.8) is 0 Å². The maximum absolute atomic E-state index is 13.1. The molecule has 0 spiro atoms. The molecule has 0 saturated heterocycles. The van der Waals surface area contributed by atoms with Gasteiger partial charge >= 0.3 is 0 Å². The van der Waals surface area contributed by atoms with Gasteiger partial charge in [-0.05, 0) is 54.7 Å². The van der Waals surface area contributed by atoms with Gasteiger partial charge < -0.3 is 10.6 Å². The summed E-state index contributed by atoms with van der Waals surface area (Å²) in [5.74, 6) is 0.541. The molecule has 2 aromatic carbocycles. The lowest BCUT2D eigenvalue weighted by molar-refractivity contribution is -0.119. The van der Waals surface area contributed by atoms with Crippen molar-refractivity contribution in [2.24, 2.45) is 0 Å². The van der Waals surface area contributed by atoms with Crippen molar-refractivity contribution < 1.29 is 9.59 Å². The Morgan fingerprint density at radius 3 is 2.74 bits per heavy atom. The molecule has 1 unspecified atom stereocenters. The minimum absolute atomic E-state index is 0.00531. The number of hydrogen-bond donors (Lipinski definition) is 2. The molecule has 3 aromatic rings. The first-order valence-corrected chi connectivity index (χ1v) is 12.5. The summed E-state index contributed by atoms with van der Waals surface area (Å²) in [6.45, 7) is 1.55. The summed E-state index contributed by atoms with van der Waals surface area (Å²) in [5, 5.41) is 7.70. The molecule has 1 atom stereocenters. The van der Waals surface area contributed by atoms with Gasteiger partial charge in [-0.15, -0.1) is 0 Å². The zero-order valence-corrected chi connectivity index (χ0v) is 20.6. The molecule has 7 nitrogen and oxygen atoms in total. The number of aromatic nitrogens is 2. The summed E-state index contributed by atoms with van der Waals surface area (Å²) < 4.78 is 0. The second kappa shape index (κ2) is 9.44. The van der Waals surface area contributed by atoms with Gasteiger partial charge in [0.05, 0.1) is 27.2 Å². The van der Waals surface area contributed by atoms with Crippen LogP contribution in [0.1, 0.15) is 34.8 Å². The third-order valence-electron chi connectivity index (χ3n) is 5.87. The van der Waals surface area contributed by atoms with E-state index in [1.807, 2.05) is 6.07 Å². The molecule has 1 aromatic heterocycles. The van der Waals surface area contributed by atoms with Gasteiger partial charge in [-0.25, -0.2) is 9.97 Å². The fraction of sp³-hybridized carbons (Fsp3) is 0.250. The van der Waals surface area contributed by atoms with Crippen molar-refractivity contribution in [1.82, 2.24) is 15.3 Å². The van der Waals surface area contributed by atoms with Gasteiger partial charge in [0.15, 0.2) is 0 Å². The molecule has 1 aliphatic heterocycles. The quantitative estimate of drug-likeness (QED) is 0.464. The Labute approximate surface area is 211 Å². The molecular formula is C24H21Cl2N5O2S. The van der Waals surface area contributed by atoms with E-state index in [0.717, 1.165) is 24.9 Å². The van der Waals surface area contributed by atoms with Crippen LogP contribution in [-0.4, -0.2) is 33.7 Å². The molecule has 2 aliphatic rings. The standard InChI is InChI=1S/C24H21Cl2N5O2S/c1-13(32)28-16-7-5-15-10-17(8-6-14(15)9-16)29-24-27-11-18-22(30-24)34-12-31(23(18)33)21-19(25)3-2-4-20(21)26/h2-4,6,8,10-11,16H,5,7,9,12H2,1H3,(H,28,32)(H,27,29,30). The fourth-order valence-corrected chi connectivity index (χ4v) is 5.84. The van der Waals surface area contributed by atoms with E-state index in [0.29, 0.717) is 38.1 Å². The summed E-state index contributed by atoms with van der Waals surface area (Å²) in [5.41, 5.74) is 4.27. The van der Waals surface area contributed by atoms with E-state index >= 15 is 0 Å². The Kier molecular flexibility index (Phi) is 6.38. The number of carbonyl (C=O) groups is 2. The fourth-order valence-electron chi connectivity index (χ4n) is 4.30. The van der Waals surface area contributed by atoms with E-state index in [1.54, 1.807) is 30.0 Å². The molecule has 34 heavy (non-hydrogen) atoms. The number of carbonyl (C=O) groups excluding carboxylic acids is 2. The van der Waals surface area contributed by atoms with E-state index < -0.39 is 0 Å². The highest BCUT2D eigenvalue weighted by molar-refractivity contribution is 7.99. The molecule has 174 valence electrons. The maximum atomic E-state index is 13.1. The first kappa shape index (κ1) is 23.0. The smallest absolute Gasteiger partial charge is 0.263 e. The van der Waals surface area contributed by atoms with Gasteiger partial charge in [-0.3, -0.25) is 14.5 Å². The Bertz CT molecular complexity index is 1280. The van der Waals surface area contributed by atoms with Gasteiger partial charge in [0.1, 0.15) is 5.03 Å². The summed E-state index contributed by atoms with van der Waals surface area (Å²) in [4.78, 5) is 35.0. The molecule has 0 bridgehead atoms. The van der Waals surface area contributed by atoms with Crippen LogP contribution in [0.3, 0.4) is 0 Å². The molecule has 1 aliphatic carbocycles. The number of nitrogens with zero attached hydrogens (tertiary/aromatic N) is 3. The number of thioether (sulfide) groups is 1. The SMILES string of the molecule is CC(=O)NC1CCc2cc(Nc3ncc4c(n3)SCN(c3c(Cl)cccc3Cl)C4=O)ccc2C1. The van der Waals surface area contributed by atoms with E-state index in [2.05, 4.69) is 32.7 Å². The minimum Gasteiger partial charge on any atom is -0.353 e. The predicted molar refractivity (Wildman–Crippen MR) is 135 cm³/mol. The molecule has 0 saturated carbocycles. The number of hydrogen-bond acceptors (Lipinski definition) is 6. The van der Waals surface area contributed by atoms with Crippen LogP contribution in [0.25, 0.3) is 0 Å². The third-order valence-corrected chi connectivity index (χ3v) is 7.45. The van der Waals surface area contributed by atoms with E-state index in [1.165, 1.54) is 29.1 Å². The van der Waals surface area contributed by atoms with E-state index in [-0.39, 0.29) is 17.9 Å². The molecule has 2 amide bonds. The zero-order valence-electron chi connectivity index (χ0n) is 18.3. The van der Waals surface area contributed by atoms with E-state index in [9.17, 15) is 9.59 Å². The first-order valence-electron chi connectivity index (χ1n) is 10.8. The van der Waals surface area contributed by atoms with E-state index in [4.69, 9.17) is 23.2 Å². The lowest BCUT2D eigenvalue weighted by Gasteiger charge is -2.28. The molecule has 0 fully saturated rings. The molecule has 0 radical (unpaired) electrons. The van der Waals surface area contributed by atoms with Crippen LogP contribution in [0.4, 0.5) is 17.3 Å². The highest BCUT2D eigenvalue weighted by Gasteiger charge is 2.30. The van der Waals surface area contributed by atoms with Gasteiger partial charge in [-0.1, -0.05) is 47.1 Å². The normalized spacial score (nSPS) is 17.1. The number of halogens is 2. The number of nitrogens with one attached hydrogen (secondary N) is 2. The molecule has 5 rings (SSSR count). The lowest BCUT2D eigenvalue weighted by Crippen LogP contribution is -2.37. The highest BCUT2D eigenvalue weighted by atomic mass is 35.5. The number of aryl methyl sites for hydroxylation is 1. The maximum Gasteiger partial charge on any atom is 0.263 e. The number of fused-ring (bicyclic) bond motifs is 2. The average Bonchev–Trinajstić information content (AvgIpc) is 2.80. The monoisotopic (exact) mass is 513 g/mol. The number of anilines is 3. The lowest BCUT2D eigenvalue weighted by atomic mass is 9.88. The molecular weight excluding hydrogens is 493 g/mol. The summed E-state index contributed by atoms with van der Waals surface area (Å²) in [6.07, 6.45) is 4.17. The topological polar surface area (TPSA) is 87.2 Å². The highest BCUT2D eigenvalue weighted by Crippen LogP contribution is 2.39. The van der Waals surface area contributed by atoms with Crippen LogP contribution in [0.15, 0.2) is 47.6 Å². The first-order chi connectivity index (χ1) is 16.4. The average molecular weight is 514 g/mol. The largest absolute Gasteiger partial charge is 0.353 e. The number of benzene rings is 2. The molecule has 10 heteroatoms. The van der Waals surface area contributed by atoms with Gasteiger partial charge in [0.25, 0.3) is 5.91 Å². The van der Waals surface area contributed by atoms with Crippen LogP contribution >= 0.6 is 35.0 Å². The van der Waals surface area contributed by atoms with Crippen LogP contribution in [-0.2, 0) is 17.6 Å². The van der Waals surface area contributed by atoms with Crippen molar-refractivity contribution in [3.8, 4) is 0 Å². The van der Waals surface area contributed by atoms with Crippen LogP contribution < -0.4 is 15.5 Å². The Balaban J connectivity index is 1.33. The Hall–Kier alpha value is -2.81. The number of rotatable bonds is 4. The van der Waals surface area contributed by atoms with Crippen LogP contribution in [0.2, 0.25) is 10.0 Å². The third kappa shape index (κ3) is 4.58. The van der Waals surface area contributed by atoms with Gasteiger partial charge in [0.2, 0.25) is 11.9 Å². The second-order valence-electron chi connectivity index (χ2n) is 8.24.